The van der Waals surface area contributed by atoms with E-state index in [0.29, 0.717) is 32.4 Å². The van der Waals surface area contributed by atoms with Gasteiger partial charge < -0.3 is 15.3 Å². The van der Waals surface area contributed by atoms with Crippen LogP contribution in [0, 0.1) is 0 Å². The van der Waals surface area contributed by atoms with E-state index in [-0.39, 0.29) is 11.8 Å². The molecule has 6 heteroatoms. The lowest BCUT2D eigenvalue weighted by atomic mass is 9.88. The highest BCUT2D eigenvalue weighted by Crippen LogP contribution is 2.25. The molecule has 0 spiro atoms. The Kier molecular flexibility index (Phi) is 5.75. The molecule has 1 heterocycles. The van der Waals surface area contributed by atoms with Crippen LogP contribution in [0.4, 0.5) is 0 Å². The molecule has 2 N–H and O–H groups in total. The zero-order valence-corrected chi connectivity index (χ0v) is 12.1. The Labute approximate surface area is 114 Å². The lowest BCUT2D eigenvalue weighted by Crippen LogP contribution is -2.51. The number of nitrogens with zero attached hydrogens (tertiary/aromatic N) is 2. The smallest absolute Gasteiger partial charge is 0.233 e. The average molecular weight is 271 g/mol. The van der Waals surface area contributed by atoms with Crippen LogP contribution < -0.4 is 5.32 Å². The molecule has 0 bridgehead atoms. The molecular formula is C13H25N3O3. The Bertz CT molecular complexity index is 333. The first-order valence-electron chi connectivity index (χ1n) is 6.72. The molecule has 0 aromatic heterocycles. The number of hydrogen-bond acceptors (Lipinski definition) is 4. The minimum atomic E-state index is -0.849. The third kappa shape index (κ3) is 5.16. The maximum absolute atomic E-state index is 11.6. The van der Waals surface area contributed by atoms with Gasteiger partial charge >= 0.3 is 0 Å². The maximum Gasteiger partial charge on any atom is 0.233 e. The highest BCUT2D eigenvalue weighted by atomic mass is 16.3. The average Bonchev–Trinajstić information content (AvgIpc) is 2.35. The molecule has 0 saturated carbocycles. The number of carbonyl (C=O) groups is 2. The zero-order valence-electron chi connectivity index (χ0n) is 12.1. The van der Waals surface area contributed by atoms with Gasteiger partial charge in [-0.2, -0.15) is 0 Å². The van der Waals surface area contributed by atoms with E-state index < -0.39 is 5.60 Å². The maximum atomic E-state index is 11.6. The topological polar surface area (TPSA) is 72.9 Å². The third-order valence-corrected chi connectivity index (χ3v) is 3.58. The Balaban J connectivity index is 2.47. The van der Waals surface area contributed by atoms with Crippen molar-refractivity contribution in [3.8, 4) is 0 Å². The predicted octanol–water partition coefficient (Wildman–Crippen LogP) is -0.572. The van der Waals surface area contributed by atoms with Crippen molar-refractivity contribution >= 4 is 11.8 Å². The van der Waals surface area contributed by atoms with Crippen LogP contribution in [0.5, 0.6) is 0 Å². The molecule has 0 unspecified atom stereocenters. The van der Waals surface area contributed by atoms with E-state index in [0.717, 1.165) is 13.0 Å². The number of hydrogen-bond donors (Lipinski definition) is 2. The first-order valence-corrected chi connectivity index (χ1v) is 6.72. The molecule has 110 valence electrons. The molecule has 1 fully saturated rings. The molecule has 6 nitrogen and oxygen atoms in total. The second-order valence-corrected chi connectivity index (χ2v) is 5.50. The largest absolute Gasteiger partial charge is 0.389 e. The van der Waals surface area contributed by atoms with E-state index in [1.165, 1.54) is 4.90 Å². The Morgan fingerprint density at radius 1 is 1.42 bits per heavy atom. The monoisotopic (exact) mass is 271 g/mol. The summed E-state index contributed by atoms with van der Waals surface area (Å²) in [6.07, 6.45) is 2.34. The standard InChI is InChI=1S/C13H25N3O3/c1-14-11(17)9-16-8-4-6-13(19,10-16)7-5-12(18)15(2)3/h19H,4-10H2,1-3H3,(H,14,17)/t13-/m0/s1. The van der Waals surface area contributed by atoms with Crippen molar-refractivity contribution in [1.29, 1.82) is 0 Å². The van der Waals surface area contributed by atoms with Crippen molar-refractivity contribution in [3.63, 3.8) is 0 Å². The molecule has 1 aliphatic heterocycles. The second kappa shape index (κ2) is 6.86. The summed E-state index contributed by atoms with van der Waals surface area (Å²) in [4.78, 5) is 26.4. The number of aliphatic hydroxyl groups is 1. The summed E-state index contributed by atoms with van der Waals surface area (Å²) in [7, 11) is 5.03. The summed E-state index contributed by atoms with van der Waals surface area (Å²) in [5.41, 5.74) is -0.849. The number of carbonyl (C=O) groups excluding carboxylic acids is 2. The van der Waals surface area contributed by atoms with Crippen molar-refractivity contribution in [2.24, 2.45) is 0 Å². The van der Waals surface area contributed by atoms with E-state index in [1.54, 1.807) is 21.1 Å². The molecule has 0 aromatic carbocycles. The van der Waals surface area contributed by atoms with Gasteiger partial charge in [-0.1, -0.05) is 0 Å². The molecule has 2 amide bonds. The van der Waals surface area contributed by atoms with Gasteiger partial charge in [0.25, 0.3) is 0 Å². The normalized spacial score (nSPS) is 24.0. The fourth-order valence-electron chi connectivity index (χ4n) is 2.39. The third-order valence-electron chi connectivity index (χ3n) is 3.58. The van der Waals surface area contributed by atoms with Crippen LogP contribution in [0.25, 0.3) is 0 Å². The molecule has 0 aliphatic carbocycles. The van der Waals surface area contributed by atoms with E-state index in [2.05, 4.69) is 5.32 Å². The minimum Gasteiger partial charge on any atom is -0.389 e. The number of likely N-dealkylation sites (tertiary alicyclic amines) is 1. The predicted molar refractivity (Wildman–Crippen MR) is 72.6 cm³/mol. The lowest BCUT2D eigenvalue weighted by Gasteiger charge is -2.39. The van der Waals surface area contributed by atoms with E-state index in [9.17, 15) is 14.7 Å². The molecule has 0 radical (unpaired) electrons. The first kappa shape index (κ1) is 15.9. The molecule has 1 atom stereocenters. The van der Waals surface area contributed by atoms with Gasteiger partial charge in [-0.3, -0.25) is 14.5 Å². The highest BCUT2D eigenvalue weighted by molar-refractivity contribution is 5.77. The quantitative estimate of drug-likeness (QED) is 0.702. The van der Waals surface area contributed by atoms with Gasteiger partial charge in [-0.05, 0) is 25.8 Å². The van der Waals surface area contributed by atoms with Gasteiger partial charge in [0, 0.05) is 34.1 Å². The number of piperidine rings is 1. The van der Waals surface area contributed by atoms with Crippen LogP contribution in [0.1, 0.15) is 25.7 Å². The van der Waals surface area contributed by atoms with Crippen LogP contribution >= 0.6 is 0 Å². The SMILES string of the molecule is CNC(=O)CN1CCC[C@](O)(CCC(=O)N(C)C)C1. The van der Waals surface area contributed by atoms with Crippen LogP contribution in [-0.4, -0.2) is 73.1 Å². The van der Waals surface area contributed by atoms with Crippen molar-refractivity contribution in [3.05, 3.63) is 0 Å². The molecule has 1 rings (SSSR count). The van der Waals surface area contributed by atoms with E-state index in [4.69, 9.17) is 0 Å². The molecule has 1 saturated heterocycles. The summed E-state index contributed by atoms with van der Waals surface area (Å²) >= 11 is 0. The molecule has 19 heavy (non-hydrogen) atoms. The Morgan fingerprint density at radius 2 is 2.11 bits per heavy atom. The Morgan fingerprint density at radius 3 is 2.68 bits per heavy atom. The second-order valence-electron chi connectivity index (χ2n) is 5.50. The molecular weight excluding hydrogens is 246 g/mol. The fourth-order valence-corrected chi connectivity index (χ4v) is 2.39. The summed E-state index contributed by atoms with van der Waals surface area (Å²) < 4.78 is 0. The van der Waals surface area contributed by atoms with E-state index >= 15 is 0 Å². The first-order chi connectivity index (χ1) is 8.86. The van der Waals surface area contributed by atoms with Gasteiger partial charge in [0.05, 0.1) is 12.1 Å². The van der Waals surface area contributed by atoms with Crippen molar-refractivity contribution in [2.75, 3.05) is 40.8 Å². The van der Waals surface area contributed by atoms with Crippen LogP contribution in [0.2, 0.25) is 0 Å². The molecule has 1 aliphatic rings. The van der Waals surface area contributed by atoms with Gasteiger partial charge in [-0.25, -0.2) is 0 Å². The number of amides is 2. The van der Waals surface area contributed by atoms with E-state index in [1.807, 2.05) is 4.90 Å². The van der Waals surface area contributed by atoms with Crippen molar-refractivity contribution in [1.82, 2.24) is 15.1 Å². The molecule has 0 aromatic rings. The summed E-state index contributed by atoms with van der Waals surface area (Å²) in [5, 5.41) is 13.1. The van der Waals surface area contributed by atoms with Crippen molar-refractivity contribution < 1.29 is 14.7 Å². The zero-order chi connectivity index (χ0) is 14.5. The highest BCUT2D eigenvalue weighted by Gasteiger charge is 2.34. The van der Waals surface area contributed by atoms with Crippen LogP contribution in [0.15, 0.2) is 0 Å². The summed E-state index contributed by atoms with van der Waals surface area (Å²) in [6.45, 7) is 1.58. The van der Waals surface area contributed by atoms with Crippen molar-refractivity contribution in [2.45, 2.75) is 31.3 Å². The van der Waals surface area contributed by atoms with Gasteiger partial charge in [-0.15, -0.1) is 0 Å². The Hall–Kier alpha value is -1.14. The number of β-amino-alcohol motifs (C(OH)–C–C–N with tert-alkyl or cyclic N) is 1. The van der Waals surface area contributed by atoms with Gasteiger partial charge in [0.2, 0.25) is 11.8 Å². The van der Waals surface area contributed by atoms with Crippen LogP contribution in [0.3, 0.4) is 0 Å². The number of nitrogens with one attached hydrogen (secondary N) is 1. The fraction of sp³-hybridized carbons (Fsp3) is 0.846. The summed E-state index contributed by atoms with van der Waals surface area (Å²) in [5.74, 6) is -0.0227. The summed E-state index contributed by atoms with van der Waals surface area (Å²) in [6, 6.07) is 0. The van der Waals surface area contributed by atoms with Gasteiger partial charge in [0.15, 0.2) is 0 Å². The lowest BCUT2D eigenvalue weighted by molar-refractivity contribution is -0.131. The van der Waals surface area contributed by atoms with Gasteiger partial charge in [0.1, 0.15) is 0 Å². The minimum absolute atomic E-state index is 0.0249. The number of likely N-dealkylation sites (N-methyl/N-ethyl adjacent to an activating group) is 1. The number of rotatable bonds is 5. The van der Waals surface area contributed by atoms with Crippen LogP contribution in [-0.2, 0) is 9.59 Å².